The number of aryl methyl sites for hydroxylation is 1. The van der Waals surface area contributed by atoms with E-state index in [1.165, 1.54) is 0 Å². The van der Waals surface area contributed by atoms with Gasteiger partial charge in [-0.15, -0.1) is 0 Å². The molecule has 1 saturated heterocycles. The van der Waals surface area contributed by atoms with Crippen molar-refractivity contribution in [3.05, 3.63) is 48.0 Å². The highest BCUT2D eigenvalue weighted by atomic mass is 16.5. The molecule has 0 unspecified atom stereocenters. The first-order valence-corrected chi connectivity index (χ1v) is 8.55. The average molecular weight is 354 g/mol. The smallest absolute Gasteiger partial charge is 0.262 e. The van der Waals surface area contributed by atoms with Gasteiger partial charge in [-0.25, -0.2) is 0 Å². The third-order valence-electron chi connectivity index (χ3n) is 4.28. The molecule has 1 aliphatic rings. The molecule has 1 N–H and O–H groups in total. The summed E-state index contributed by atoms with van der Waals surface area (Å²) in [5, 5.41) is 2.79. The van der Waals surface area contributed by atoms with Crippen LogP contribution >= 0.6 is 0 Å². The van der Waals surface area contributed by atoms with Gasteiger partial charge < -0.3 is 19.7 Å². The van der Waals surface area contributed by atoms with Crippen LogP contribution in [0.2, 0.25) is 0 Å². The lowest BCUT2D eigenvalue weighted by molar-refractivity contribution is -0.118. The van der Waals surface area contributed by atoms with Gasteiger partial charge >= 0.3 is 0 Å². The van der Waals surface area contributed by atoms with Gasteiger partial charge in [-0.1, -0.05) is 18.2 Å². The first-order valence-electron chi connectivity index (χ1n) is 8.55. The van der Waals surface area contributed by atoms with E-state index in [4.69, 9.17) is 9.47 Å². The van der Waals surface area contributed by atoms with Gasteiger partial charge in [0.2, 0.25) is 5.91 Å². The maximum absolute atomic E-state index is 12.1. The SMILES string of the molecule is COc1cc(NC(=O)COc2ccccc2C)ccc1N1CCCC1=O. The lowest BCUT2D eigenvalue weighted by atomic mass is 10.2. The van der Waals surface area contributed by atoms with Crippen molar-refractivity contribution in [1.82, 2.24) is 0 Å². The van der Waals surface area contributed by atoms with E-state index < -0.39 is 0 Å². The molecule has 0 aliphatic carbocycles. The Balaban J connectivity index is 1.65. The molecule has 0 atom stereocenters. The third kappa shape index (κ3) is 3.96. The van der Waals surface area contributed by atoms with Gasteiger partial charge in [0.25, 0.3) is 5.91 Å². The number of carbonyl (C=O) groups is 2. The monoisotopic (exact) mass is 354 g/mol. The summed E-state index contributed by atoms with van der Waals surface area (Å²) in [4.78, 5) is 25.8. The number of nitrogens with one attached hydrogen (secondary N) is 1. The Morgan fingerprint density at radius 3 is 2.69 bits per heavy atom. The Bertz CT molecular complexity index is 819. The van der Waals surface area contributed by atoms with E-state index >= 15 is 0 Å². The number of carbonyl (C=O) groups excluding carboxylic acids is 2. The van der Waals surface area contributed by atoms with Gasteiger partial charge in [-0.3, -0.25) is 9.59 Å². The standard InChI is InChI=1S/C20H22N2O4/c1-14-6-3-4-7-17(14)26-13-19(23)21-15-9-10-16(18(12-15)25-2)22-11-5-8-20(22)24/h3-4,6-7,9-10,12H,5,8,11,13H2,1-2H3,(H,21,23). The van der Waals surface area contributed by atoms with Crippen molar-refractivity contribution in [1.29, 1.82) is 0 Å². The fourth-order valence-electron chi connectivity index (χ4n) is 2.94. The molecule has 6 nitrogen and oxygen atoms in total. The molecule has 1 aliphatic heterocycles. The normalized spacial score (nSPS) is 13.6. The number of ether oxygens (including phenoxy) is 2. The van der Waals surface area contributed by atoms with E-state index in [0.29, 0.717) is 30.2 Å². The average Bonchev–Trinajstić information content (AvgIpc) is 3.06. The van der Waals surface area contributed by atoms with E-state index in [0.717, 1.165) is 17.7 Å². The molecule has 136 valence electrons. The molecule has 2 aromatic rings. The van der Waals surface area contributed by atoms with Crippen LogP contribution in [0.15, 0.2) is 42.5 Å². The van der Waals surface area contributed by atoms with E-state index in [2.05, 4.69) is 5.32 Å². The van der Waals surface area contributed by atoms with Crippen LogP contribution in [0.1, 0.15) is 18.4 Å². The number of methoxy groups -OCH3 is 1. The molecule has 0 saturated carbocycles. The van der Waals surface area contributed by atoms with Gasteiger partial charge in [0.15, 0.2) is 6.61 Å². The highest BCUT2D eigenvalue weighted by Crippen LogP contribution is 2.33. The summed E-state index contributed by atoms with van der Waals surface area (Å²) in [6.45, 7) is 2.53. The number of benzene rings is 2. The fourth-order valence-corrected chi connectivity index (χ4v) is 2.94. The second-order valence-electron chi connectivity index (χ2n) is 6.14. The van der Waals surface area contributed by atoms with Gasteiger partial charge in [0.05, 0.1) is 12.8 Å². The second-order valence-corrected chi connectivity index (χ2v) is 6.14. The summed E-state index contributed by atoms with van der Waals surface area (Å²) in [6, 6.07) is 12.8. The summed E-state index contributed by atoms with van der Waals surface area (Å²) in [5.41, 5.74) is 2.29. The van der Waals surface area contributed by atoms with Gasteiger partial charge in [-0.2, -0.15) is 0 Å². The molecular weight excluding hydrogens is 332 g/mol. The zero-order valence-electron chi connectivity index (χ0n) is 15.0. The Labute approximate surface area is 152 Å². The Kier molecular flexibility index (Phi) is 5.41. The van der Waals surface area contributed by atoms with E-state index in [1.54, 1.807) is 30.2 Å². The van der Waals surface area contributed by atoms with Crippen LogP contribution in [0.5, 0.6) is 11.5 Å². The number of para-hydroxylation sites is 1. The van der Waals surface area contributed by atoms with Crippen LogP contribution in [-0.2, 0) is 9.59 Å². The van der Waals surface area contributed by atoms with Crippen molar-refractivity contribution in [2.24, 2.45) is 0 Å². The predicted octanol–water partition coefficient (Wildman–Crippen LogP) is 3.15. The Hall–Kier alpha value is -3.02. The third-order valence-corrected chi connectivity index (χ3v) is 4.28. The molecule has 6 heteroatoms. The Morgan fingerprint density at radius 2 is 2.00 bits per heavy atom. The summed E-state index contributed by atoms with van der Waals surface area (Å²) in [6.07, 6.45) is 1.40. The zero-order chi connectivity index (χ0) is 18.5. The molecule has 0 radical (unpaired) electrons. The predicted molar refractivity (Wildman–Crippen MR) is 99.9 cm³/mol. The van der Waals surface area contributed by atoms with E-state index in [1.807, 2.05) is 31.2 Å². The molecule has 1 heterocycles. The maximum Gasteiger partial charge on any atom is 0.262 e. The van der Waals surface area contributed by atoms with Crippen molar-refractivity contribution in [3.8, 4) is 11.5 Å². The van der Waals surface area contributed by atoms with Crippen molar-refractivity contribution in [2.45, 2.75) is 19.8 Å². The lowest BCUT2D eigenvalue weighted by Crippen LogP contribution is -2.24. The van der Waals surface area contributed by atoms with Crippen LogP contribution in [-0.4, -0.2) is 32.1 Å². The van der Waals surface area contributed by atoms with Gasteiger partial charge in [-0.05, 0) is 37.1 Å². The topological polar surface area (TPSA) is 67.9 Å². The van der Waals surface area contributed by atoms with Crippen molar-refractivity contribution in [3.63, 3.8) is 0 Å². The minimum absolute atomic E-state index is 0.0838. The van der Waals surface area contributed by atoms with Crippen molar-refractivity contribution in [2.75, 3.05) is 30.5 Å². The van der Waals surface area contributed by atoms with Crippen LogP contribution in [0, 0.1) is 6.92 Å². The van der Waals surface area contributed by atoms with Crippen LogP contribution in [0.4, 0.5) is 11.4 Å². The van der Waals surface area contributed by atoms with Crippen molar-refractivity contribution < 1.29 is 19.1 Å². The summed E-state index contributed by atoms with van der Waals surface area (Å²) < 4.78 is 10.9. The fraction of sp³-hybridized carbons (Fsp3) is 0.300. The minimum atomic E-state index is -0.264. The Morgan fingerprint density at radius 1 is 1.19 bits per heavy atom. The number of nitrogens with zero attached hydrogens (tertiary/aromatic N) is 1. The molecule has 1 fully saturated rings. The van der Waals surface area contributed by atoms with Crippen LogP contribution in [0.25, 0.3) is 0 Å². The van der Waals surface area contributed by atoms with Crippen LogP contribution in [0.3, 0.4) is 0 Å². The highest BCUT2D eigenvalue weighted by molar-refractivity contribution is 5.98. The first-order chi connectivity index (χ1) is 12.6. The van der Waals surface area contributed by atoms with E-state index in [9.17, 15) is 9.59 Å². The van der Waals surface area contributed by atoms with Gasteiger partial charge in [0, 0.05) is 24.7 Å². The summed E-state index contributed by atoms with van der Waals surface area (Å²) in [7, 11) is 1.55. The van der Waals surface area contributed by atoms with Crippen molar-refractivity contribution >= 4 is 23.2 Å². The molecular formula is C20H22N2O4. The summed E-state index contributed by atoms with van der Waals surface area (Å²) in [5.74, 6) is 1.06. The zero-order valence-corrected chi connectivity index (χ0v) is 15.0. The largest absolute Gasteiger partial charge is 0.494 e. The number of anilines is 2. The molecule has 2 amide bonds. The molecule has 26 heavy (non-hydrogen) atoms. The highest BCUT2D eigenvalue weighted by Gasteiger charge is 2.24. The second kappa shape index (κ2) is 7.91. The summed E-state index contributed by atoms with van der Waals surface area (Å²) >= 11 is 0. The number of hydrogen-bond acceptors (Lipinski definition) is 4. The first kappa shape index (κ1) is 17.8. The van der Waals surface area contributed by atoms with Crippen LogP contribution < -0.4 is 19.7 Å². The number of rotatable bonds is 6. The molecule has 2 aromatic carbocycles. The molecule has 0 spiro atoms. The molecule has 0 bridgehead atoms. The minimum Gasteiger partial charge on any atom is -0.494 e. The molecule has 3 rings (SSSR count). The van der Waals surface area contributed by atoms with E-state index in [-0.39, 0.29) is 18.4 Å². The number of hydrogen-bond donors (Lipinski definition) is 1. The number of amides is 2. The quantitative estimate of drug-likeness (QED) is 0.865. The molecule has 0 aromatic heterocycles. The van der Waals surface area contributed by atoms with Gasteiger partial charge in [0.1, 0.15) is 11.5 Å². The maximum atomic E-state index is 12.1. The lowest BCUT2D eigenvalue weighted by Gasteiger charge is -2.19.